The molecule has 2 aliphatic rings. The molecule has 4 rings (SSSR count). The summed E-state index contributed by atoms with van der Waals surface area (Å²) >= 11 is 1.51. The molecule has 48 heavy (non-hydrogen) atoms. The quantitative estimate of drug-likeness (QED) is 0.263. The summed E-state index contributed by atoms with van der Waals surface area (Å²) in [6, 6.07) is 13.4. The van der Waals surface area contributed by atoms with Gasteiger partial charge in [-0.2, -0.15) is 11.8 Å². The second kappa shape index (κ2) is 17.7. The Balaban J connectivity index is 1.67. The zero-order chi connectivity index (χ0) is 34.6. The van der Waals surface area contributed by atoms with E-state index >= 15 is 0 Å². The first-order valence-electron chi connectivity index (χ1n) is 16.4. The van der Waals surface area contributed by atoms with Crippen LogP contribution < -0.4 is 26.6 Å². The van der Waals surface area contributed by atoms with Crippen LogP contribution in [-0.4, -0.2) is 95.7 Å². The van der Waals surface area contributed by atoms with Gasteiger partial charge in [0.1, 0.15) is 30.2 Å². The van der Waals surface area contributed by atoms with Crippen molar-refractivity contribution in [2.45, 2.75) is 76.2 Å². The summed E-state index contributed by atoms with van der Waals surface area (Å²) in [4.78, 5) is 83.1. The third-order valence-electron chi connectivity index (χ3n) is 8.45. The van der Waals surface area contributed by atoms with Gasteiger partial charge in [-0.15, -0.1) is 0 Å². The number of nitrogens with one attached hydrogen (secondary N) is 5. The Bertz CT molecular complexity index is 1440. The number of carbonyl (C=O) groups excluding carboxylic acids is 6. The van der Waals surface area contributed by atoms with Crippen LogP contribution >= 0.6 is 11.8 Å². The lowest BCUT2D eigenvalue weighted by Crippen LogP contribution is -2.59. The number of nitrogens with zero attached hydrogens (tertiary/aromatic N) is 1. The Kier molecular flexibility index (Phi) is 13.4. The minimum Gasteiger partial charge on any atom is -0.345 e. The van der Waals surface area contributed by atoms with Crippen LogP contribution in [-0.2, 0) is 41.6 Å². The molecule has 2 fully saturated rings. The maximum absolute atomic E-state index is 13.8. The lowest BCUT2D eigenvalue weighted by molar-refractivity contribution is -0.141. The monoisotopic (exact) mass is 678 g/mol. The number of fused-ring (bicyclic) bond motifs is 2. The van der Waals surface area contributed by atoms with Crippen LogP contribution in [0.2, 0.25) is 0 Å². The van der Waals surface area contributed by atoms with Gasteiger partial charge in [0.25, 0.3) is 0 Å². The minimum atomic E-state index is -1.07. The van der Waals surface area contributed by atoms with E-state index in [0.717, 1.165) is 11.1 Å². The maximum atomic E-state index is 13.8. The molecule has 0 unspecified atom stereocenters. The van der Waals surface area contributed by atoms with E-state index in [1.54, 1.807) is 0 Å². The van der Waals surface area contributed by atoms with Gasteiger partial charge in [-0.1, -0.05) is 74.5 Å². The van der Waals surface area contributed by atoms with Gasteiger partial charge in [0.15, 0.2) is 0 Å². The Labute approximate surface area is 285 Å². The van der Waals surface area contributed by atoms with Gasteiger partial charge in [0.05, 0.1) is 6.54 Å². The van der Waals surface area contributed by atoms with Crippen LogP contribution in [0.1, 0.15) is 44.2 Å². The second-order valence-corrected chi connectivity index (χ2v) is 13.6. The first-order valence-corrected chi connectivity index (χ1v) is 17.8. The average Bonchev–Trinajstić information content (AvgIpc) is 3.42. The van der Waals surface area contributed by atoms with Crippen LogP contribution in [0.3, 0.4) is 0 Å². The van der Waals surface area contributed by atoms with Crippen molar-refractivity contribution in [2.24, 2.45) is 5.92 Å². The Hall–Kier alpha value is -4.39. The molecule has 2 heterocycles. The van der Waals surface area contributed by atoms with E-state index in [1.165, 1.54) is 16.7 Å². The smallest absolute Gasteiger partial charge is 0.245 e. The van der Waals surface area contributed by atoms with Crippen LogP contribution in [0.4, 0.5) is 0 Å². The topological polar surface area (TPSA) is 166 Å². The van der Waals surface area contributed by atoms with Crippen molar-refractivity contribution in [3.63, 3.8) is 0 Å². The van der Waals surface area contributed by atoms with Crippen molar-refractivity contribution in [3.8, 4) is 0 Å². The molecular weight excluding hydrogens is 632 g/mol. The summed E-state index contributed by atoms with van der Waals surface area (Å²) in [6.45, 7) is 3.69. The fourth-order valence-corrected chi connectivity index (χ4v) is 6.41. The highest BCUT2D eigenvalue weighted by atomic mass is 32.2. The summed E-state index contributed by atoms with van der Waals surface area (Å²) in [5.41, 5.74) is 1.57. The van der Waals surface area contributed by atoms with Crippen molar-refractivity contribution in [1.82, 2.24) is 31.5 Å². The molecule has 6 amide bonds. The van der Waals surface area contributed by atoms with Crippen molar-refractivity contribution in [3.05, 3.63) is 71.8 Å². The van der Waals surface area contributed by atoms with E-state index in [1.807, 2.05) is 80.8 Å². The van der Waals surface area contributed by atoms with Crippen molar-refractivity contribution in [1.29, 1.82) is 0 Å². The molecule has 2 aliphatic heterocycles. The normalized spacial score (nSPS) is 24.6. The molecule has 0 aromatic heterocycles. The van der Waals surface area contributed by atoms with Crippen molar-refractivity contribution >= 4 is 47.2 Å². The highest BCUT2D eigenvalue weighted by Crippen LogP contribution is 2.21. The highest BCUT2D eigenvalue weighted by molar-refractivity contribution is 7.98. The summed E-state index contributed by atoms with van der Waals surface area (Å²) in [6.07, 6.45) is 3.10. The fraction of sp³-hybridized carbons (Fsp3) is 0.486. The summed E-state index contributed by atoms with van der Waals surface area (Å²) in [5, 5.41) is 13.8. The molecule has 2 saturated heterocycles. The van der Waals surface area contributed by atoms with E-state index in [-0.39, 0.29) is 31.7 Å². The van der Waals surface area contributed by atoms with Crippen LogP contribution in [0.25, 0.3) is 0 Å². The minimum absolute atomic E-state index is 0.0523. The number of hydrogen-bond donors (Lipinski definition) is 5. The van der Waals surface area contributed by atoms with Gasteiger partial charge in [-0.25, -0.2) is 0 Å². The van der Waals surface area contributed by atoms with Gasteiger partial charge in [-0.3, -0.25) is 28.8 Å². The first-order chi connectivity index (χ1) is 23.0. The standard InChI is InChI=1S/C35H46N6O6S/c1-22(2)18-29-34(46)38-25(15-17-48-3)31(43)36-21-30(42)37-27(19-23-10-6-4-7-11-23)32(44)40-28(20-24-12-8-5-9-13-24)33(45)39-26-14-16-41(29)35(26)47/h4-13,22,25-29H,14-21H2,1-3H3,(H,36,43)(H,37,42)(H,38,46)(H,39,45)(H,40,44)/t25-,26+,27-,28-,29-/m0/s1. The van der Waals surface area contributed by atoms with Crippen molar-refractivity contribution in [2.75, 3.05) is 25.1 Å². The molecule has 13 heteroatoms. The molecule has 2 aromatic rings. The number of thioether (sulfide) groups is 1. The molecule has 258 valence electrons. The largest absolute Gasteiger partial charge is 0.345 e. The van der Waals surface area contributed by atoms with Gasteiger partial charge in [0.2, 0.25) is 35.4 Å². The molecule has 0 spiro atoms. The highest BCUT2D eigenvalue weighted by Gasteiger charge is 2.41. The number of rotatable bonds is 9. The van der Waals surface area contributed by atoms with Gasteiger partial charge >= 0.3 is 0 Å². The fourth-order valence-electron chi connectivity index (χ4n) is 5.94. The molecule has 5 atom stereocenters. The number of carbonyl (C=O) groups is 6. The molecule has 12 nitrogen and oxygen atoms in total. The van der Waals surface area contributed by atoms with Gasteiger partial charge < -0.3 is 31.5 Å². The van der Waals surface area contributed by atoms with E-state index in [9.17, 15) is 28.8 Å². The zero-order valence-electron chi connectivity index (χ0n) is 27.7. The molecule has 0 radical (unpaired) electrons. The Morgan fingerprint density at radius 3 is 1.88 bits per heavy atom. The van der Waals surface area contributed by atoms with E-state index in [4.69, 9.17) is 0 Å². The summed E-state index contributed by atoms with van der Waals surface area (Å²) in [7, 11) is 0. The van der Waals surface area contributed by atoms with Crippen molar-refractivity contribution < 1.29 is 28.8 Å². The van der Waals surface area contributed by atoms with Gasteiger partial charge in [-0.05, 0) is 48.3 Å². The summed E-state index contributed by atoms with van der Waals surface area (Å²) in [5.74, 6) is -2.52. The molecular formula is C35H46N6O6S. The maximum Gasteiger partial charge on any atom is 0.245 e. The average molecular weight is 679 g/mol. The van der Waals surface area contributed by atoms with E-state index in [0.29, 0.717) is 18.6 Å². The van der Waals surface area contributed by atoms with Gasteiger partial charge in [0, 0.05) is 19.4 Å². The van der Waals surface area contributed by atoms with Crippen LogP contribution in [0.5, 0.6) is 0 Å². The summed E-state index contributed by atoms with van der Waals surface area (Å²) < 4.78 is 0. The molecule has 2 aromatic carbocycles. The van der Waals surface area contributed by atoms with E-state index in [2.05, 4.69) is 26.6 Å². The zero-order valence-corrected chi connectivity index (χ0v) is 28.5. The van der Waals surface area contributed by atoms with E-state index < -0.39 is 72.2 Å². The first kappa shape index (κ1) is 36.4. The SMILES string of the molecule is CSCC[C@@H]1NC(=O)[C@H](CC(C)C)N2CC[C@@H](NC(=O)[C@H](Cc3ccccc3)NC(=O)[C@H](Cc3ccccc3)NC(=O)CNC1=O)C2=O. The van der Waals surface area contributed by atoms with Crippen LogP contribution in [0, 0.1) is 5.92 Å². The number of benzene rings is 2. The lowest BCUT2D eigenvalue weighted by Gasteiger charge is -2.30. The molecule has 0 aliphatic carbocycles. The molecule has 0 saturated carbocycles. The Morgan fingerprint density at radius 2 is 1.29 bits per heavy atom. The van der Waals surface area contributed by atoms with Crippen LogP contribution in [0.15, 0.2) is 60.7 Å². The lowest BCUT2D eigenvalue weighted by atomic mass is 10.0. The molecule has 2 bridgehead atoms. The number of amides is 6. The third-order valence-corrected chi connectivity index (χ3v) is 9.09. The molecule has 5 N–H and O–H groups in total. The predicted octanol–water partition coefficient (Wildman–Crippen LogP) is 0.941. The Morgan fingerprint density at radius 1 is 0.729 bits per heavy atom. The second-order valence-electron chi connectivity index (χ2n) is 12.6. The third kappa shape index (κ3) is 10.3. The number of hydrogen-bond acceptors (Lipinski definition) is 7. The predicted molar refractivity (Wildman–Crippen MR) is 184 cm³/mol.